The first-order valence-electron chi connectivity index (χ1n) is 11.2. The highest BCUT2D eigenvalue weighted by Gasteiger charge is 2.27. The minimum atomic E-state index is -0.614. The molecule has 8 nitrogen and oxygen atoms in total. The topological polar surface area (TPSA) is 97.8 Å². The van der Waals surface area contributed by atoms with E-state index in [1.165, 1.54) is 11.1 Å². The first kappa shape index (κ1) is 27.4. The van der Waals surface area contributed by atoms with E-state index in [9.17, 15) is 14.4 Å². The summed E-state index contributed by atoms with van der Waals surface area (Å²) in [6.45, 7) is 15.2. The number of unbranched alkanes of at least 4 members (excludes halogenated alkanes) is 1. The molecular weight excluding hydrogens is 410 g/mol. The number of carbonyl (C=O) groups excluding carboxylic acids is 3. The lowest BCUT2D eigenvalue weighted by molar-refractivity contribution is 0.0524. The molecule has 32 heavy (non-hydrogen) atoms. The van der Waals surface area contributed by atoms with Crippen molar-refractivity contribution < 1.29 is 23.9 Å². The van der Waals surface area contributed by atoms with Crippen molar-refractivity contribution in [3.8, 4) is 0 Å². The van der Waals surface area contributed by atoms with Gasteiger partial charge in [-0.1, -0.05) is 6.92 Å². The van der Waals surface area contributed by atoms with Gasteiger partial charge in [0.05, 0.1) is 0 Å². The van der Waals surface area contributed by atoms with Crippen LogP contribution in [0, 0.1) is 0 Å². The van der Waals surface area contributed by atoms with Gasteiger partial charge in [-0.25, -0.2) is 14.6 Å². The highest BCUT2D eigenvalue weighted by Crippen LogP contribution is 2.21. The lowest BCUT2D eigenvalue weighted by Crippen LogP contribution is -2.42. The Morgan fingerprint density at radius 3 is 2.16 bits per heavy atom. The summed E-state index contributed by atoms with van der Waals surface area (Å²) in [4.78, 5) is 42.6. The van der Waals surface area contributed by atoms with E-state index in [4.69, 9.17) is 9.47 Å². The molecule has 0 bridgehead atoms. The van der Waals surface area contributed by atoms with E-state index in [-0.39, 0.29) is 11.8 Å². The number of ether oxygens (including phenoxy) is 2. The van der Waals surface area contributed by atoms with Gasteiger partial charge in [0.2, 0.25) is 0 Å². The van der Waals surface area contributed by atoms with Gasteiger partial charge in [0.25, 0.3) is 0 Å². The molecule has 0 aliphatic carbocycles. The predicted molar refractivity (Wildman–Crippen MR) is 125 cm³/mol. The third-order valence-corrected chi connectivity index (χ3v) is 4.44. The number of Topliss-reactive ketones (excluding diaryl/α,β-unsaturated/α-hetero) is 1. The van der Waals surface area contributed by atoms with Crippen molar-refractivity contribution in [2.45, 2.75) is 98.3 Å². The molecule has 0 saturated carbocycles. The Balaban J connectivity index is 2.62. The van der Waals surface area contributed by atoms with Gasteiger partial charge in [-0.05, 0) is 79.9 Å². The van der Waals surface area contributed by atoms with Gasteiger partial charge in [-0.2, -0.15) is 0 Å². The number of carbonyl (C=O) groups is 3. The van der Waals surface area contributed by atoms with Crippen LogP contribution in [-0.4, -0.2) is 46.7 Å². The standard InChI is InChI=1S/C24H39N3O5/c1-9-17(2)27(22(30)32-24(6,7)8)20-14-13-18(16-26-20)19(28)12-10-11-15-25-21(29)31-23(3,4)5/h13-14,16-17H,9-12,15H2,1-8H3,(H,25,29)/t17-/m0/s1. The maximum atomic E-state index is 12.7. The molecule has 0 fully saturated rings. The van der Waals surface area contributed by atoms with Gasteiger partial charge in [0, 0.05) is 30.8 Å². The average molecular weight is 450 g/mol. The van der Waals surface area contributed by atoms with Gasteiger partial charge in [-0.3, -0.25) is 9.69 Å². The van der Waals surface area contributed by atoms with E-state index in [0.717, 1.165) is 6.42 Å². The second kappa shape index (κ2) is 11.8. The molecule has 0 saturated heterocycles. The van der Waals surface area contributed by atoms with E-state index in [1.54, 1.807) is 32.9 Å². The lowest BCUT2D eigenvalue weighted by atomic mass is 10.1. The number of hydrogen-bond donors (Lipinski definition) is 1. The number of nitrogens with zero attached hydrogens (tertiary/aromatic N) is 2. The smallest absolute Gasteiger partial charge is 0.416 e. The molecule has 1 aromatic heterocycles. The fourth-order valence-electron chi connectivity index (χ4n) is 2.75. The van der Waals surface area contributed by atoms with Gasteiger partial charge >= 0.3 is 12.2 Å². The van der Waals surface area contributed by atoms with Crippen molar-refractivity contribution in [2.24, 2.45) is 0 Å². The Hall–Kier alpha value is -2.64. The summed E-state index contributed by atoms with van der Waals surface area (Å²) >= 11 is 0. The van der Waals surface area contributed by atoms with E-state index in [0.29, 0.717) is 37.2 Å². The van der Waals surface area contributed by atoms with E-state index in [1.807, 2.05) is 34.6 Å². The summed E-state index contributed by atoms with van der Waals surface area (Å²) in [6.07, 6.45) is 2.95. The normalized spacial score (nSPS) is 12.6. The van der Waals surface area contributed by atoms with E-state index >= 15 is 0 Å². The molecule has 1 atom stereocenters. The molecule has 1 N–H and O–H groups in total. The van der Waals surface area contributed by atoms with Crippen LogP contribution in [0.3, 0.4) is 0 Å². The first-order chi connectivity index (χ1) is 14.7. The van der Waals surface area contributed by atoms with E-state index < -0.39 is 23.4 Å². The summed E-state index contributed by atoms with van der Waals surface area (Å²) in [5.41, 5.74) is -0.660. The average Bonchev–Trinajstić information content (AvgIpc) is 2.65. The molecule has 0 aliphatic heterocycles. The van der Waals surface area contributed by atoms with Crippen LogP contribution in [0.25, 0.3) is 0 Å². The third-order valence-electron chi connectivity index (χ3n) is 4.44. The molecule has 0 radical (unpaired) electrons. The third kappa shape index (κ3) is 10.1. The van der Waals surface area contributed by atoms with Gasteiger partial charge < -0.3 is 14.8 Å². The van der Waals surface area contributed by atoms with Crippen LogP contribution in [0.2, 0.25) is 0 Å². The molecule has 180 valence electrons. The van der Waals surface area contributed by atoms with Crippen molar-refractivity contribution in [3.05, 3.63) is 23.9 Å². The number of rotatable bonds is 9. The maximum Gasteiger partial charge on any atom is 0.416 e. The van der Waals surface area contributed by atoms with Crippen LogP contribution in [0.15, 0.2) is 18.3 Å². The quantitative estimate of drug-likeness (QED) is 0.395. The minimum Gasteiger partial charge on any atom is -0.444 e. The van der Waals surface area contributed by atoms with Crippen LogP contribution in [0.5, 0.6) is 0 Å². The lowest BCUT2D eigenvalue weighted by Gasteiger charge is -2.30. The van der Waals surface area contributed by atoms with Crippen molar-refractivity contribution in [1.29, 1.82) is 0 Å². The summed E-state index contributed by atoms with van der Waals surface area (Å²) in [7, 11) is 0. The minimum absolute atomic E-state index is 0.0336. The Morgan fingerprint density at radius 1 is 1.03 bits per heavy atom. The second-order valence-corrected chi connectivity index (χ2v) is 9.82. The van der Waals surface area contributed by atoms with Crippen molar-refractivity contribution >= 4 is 23.8 Å². The number of nitrogens with one attached hydrogen (secondary N) is 1. The molecule has 0 aromatic carbocycles. The Labute approximate surface area is 192 Å². The molecule has 2 amide bonds. The highest BCUT2D eigenvalue weighted by atomic mass is 16.6. The number of alkyl carbamates (subject to hydrolysis) is 1. The Morgan fingerprint density at radius 2 is 1.66 bits per heavy atom. The van der Waals surface area contributed by atoms with Crippen LogP contribution >= 0.6 is 0 Å². The molecule has 1 aromatic rings. The van der Waals surface area contributed by atoms with Crippen molar-refractivity contribution in [1.82, 2.24) is 10.3 Å². The summed E-state index contributed by atoms with van der Waals surface area (Å²) in [5.74, 6) is 0.417. The van der Waals surface area contributed by atoms with Crippen molar-refractivity contribution in [3.63, 3.8) is 0 Å². The predicted octanol–water partition coefficient (Wildman–Crippen LogP) is 5.50. The van der Waals surface area contributed by atoms with Crippen LogP contribution in [0.1, 0.15) is 91.4 Å². The number of ketones is 1. The second-order valence-electron chi connectivity index (χ2n) is 9.82. The molecule has 1 rings (SSSR count). The monoisotopic (exact) mass is 449 g/mol. The number of hydrogen-bond acceptors (Lipinski definition) is 6. The molecule has 0 spiro atoms. The summed E-state index contributed by atoms with van der Waals surface area (Å²) in [5, 5.41) is 2.68. The maximum absolute atomic E-state index is 12.7. The Kier molecular flexibility index (Phi) is 10.1. The van der Waals surface area contributed by atoms with Crippen molar-refractivity contribution in [2.75, 3.05) is 11.4 Å². The Bertz CT molecular complexity index is 763. The van der Waals surface area contributed by atoms with E-state index in [2.05, 4.69) is 10.3 Å². The molecule has 1 heterocycles. The van der Waals surface area contributed by atoms with Crippen LogP contribution in [0.4, 0.5) is 15.4 Å². The SMILES string of the molecule is CC[C@H](C)N(C(=O)OC(C)(C)C)c1ccc(C(=O)CCCCNC(=O)OC(C)(C)C)cn1. The number of aromatic nitrogens is 1. The number of pyridine rings is 1. The molecule has 0 unspecified atom stereocenters. The summed E-state index contributed by atoms with van der Waals surface area (Å²) < 4.78 is 10.7. The molecule has 8 heteroatoms. The summed E-state index contributed by atoms with van der Waals surface area (Å²) in [6, 6.07) is 3.26. The largest absolute Gasteiger partial charge is 0.444 e. The zero-order chi connectivity index (χ0) is 24.5. The number of amides is 2. The van der Waals surface area contributed by atoms with Gasteiger partial charge in [0.15, 0.2) is 5.78 Å². The fraction of sp³-hybridized carbons (Fsp3) is 0.667. The van der Waals surface area contributed by atoms with Gasteiger partial charge in [0.1, 0.15) is 17.0 Å². The molecular formula is C24H39N3O5. The number of anilines is 1. The van der Waals surface area contributed by atoms with Crippen LogP contribution < -0.4 is 10.2 Å². The van der Waals surface area contributed by atoms with Crippen LogP contribution in [-0.2, 0) is 9.47 Å². The highest BCUT2D eigenvalue weighted by molar-refractivity contribution is 5.96. The first-order valence-corrected chi connectivity index (χ1v) is 11.2. The zero-order valence-electron chi connectivity index (χ0n) is 20.8. The zero-order valence-corrected chi connectivity index (χ0v) is 20.8. The fourth-order valence-corrected chi connectivity index (χ4v) is 2.75. The van der Waals surface area contributed by atoms with Gasteiger partial charge in [-0.15, -0.1) is 0 Å². The molecule has 0 aliphatic rings.